The third kappa shape index (κ3) is 6.84. The molecular weight excluding hydrogens is 446 g/mol. The molecule has 0 bridgehead atoms. The van der Waals surface area contributed by atoms with Crippen LogP contribution in [0.2, 0.25) is 0 Å². The third-order valence-electron chi connectivity index (χ3n) is 4.94. The highest BCUT2D eigenvalue weighted by atomic mass is 32.2. The van der Waals surface area contributed by atoms with Gasteiger partial charge >= 0.3 is 6.09 Å². The molecule has 2 aromatic rings. The molecule has 33 heavy (non-hydrogen) atoms. The Bertz CT molecular complexity index is 937. The number of aliphatic hydroxyl groups is 1. The van der Waals surface area contributed by atoms with Crippen molar-refractivity contribution in [1.82, 2.24) is 19.9 Å². The van der Waals surface area contributed by atoms with Gasteiger partial charge in [0.25, 0.3) is 5.88 Å². The Balaban J connectivity index is 1.66. The Kier molecular flexibility index (Phi) is 8.95. The summed E-state index contributed by atoms with van der Waals surface area (Å²) in [5, 5.41) is 13.1. The lowest BCUT2D eigenvalue weighted by Gasteiger charge is -2.31. The Morgan fingerprint density at radius 3 is 2.70 bits per heavy atom. The van der Waals surface area contributed by atoms with Crippen LogP contribution < -0.4 is 14.8 Å². The molecule has 0 saturated carbocycles. The van der Waals surface area contributed by atoms with Crippen LogP contribution in [0.3, 0.4) is 0 Å². The van der Waals surface area contributed by atoms with Gasteiger partial charge in [0.05, 0.1) is 36.2 Å². The van der Waals surface area contributed by atoms with E-state index in [0.29, 0.717) is 49.1 Å². The molecule has 0 spiro atoms. The first-order chi connectivity index (χ1) is 15.9. The van der Waals surface area contributed by atoms with E-state index in [1.807, 2.05) is 32.9 Å². The van der Waals surface area contributed by atoms with E-state index in [4.69, 9.17) is 19.3 Å². The first-order valence-electron chi connectivity index (χ1n) is 10.9. The number of anilines is 2. The van der Waals surface area contributed by atoms with Gasteiger partial charge in [-0.15, -0.1) is 11.8 Å². The highest BCUT2D eigenvalue weighted by Crippen LogP contribution is 2.35. The summed E-state index contributed by atoms with van der Waals surface area (Å²) in [6.45, 7) is 6.79. The first kappa shape index (κ1) is 24.8. The Hall–Kier alpha value is -2.79. The van der Waals surface area contributed by atoms with E-state index >= 15 is 0 Å². The number of hydrogen-bond donors (Lipinski definition) is 2. The number of hydrogen-bond acceptors (Lipinski definition) is 10. The van der Waals surface area contributed by atoms with Crippen LogP contribution in [0.25, 0.3) is 0 Å². The number of pyridine rings is 1. The van der Waals surface area contributed by atoms with E-state index in [0.717, 1.165) is 16.4 Å². The number of carbonyl (C=O) groups is 1. The number of amides is 1. The topological polar surface area (TPSA) is 119 Å². The minimum Gasteiger partial charge on any atom is -0.489 e. The van der Waals surface area contributed by atoms with Crippen molar-refractivity contribution < 1.29 is 24.1 Å². The molecule has 3 rings (SSSR count). The van der Waals surface area contributed by atoms with Crippen molar-refractivity contribution >= 4 is 29.4 Å². The lowest BCUT2D eigenvalue weighted by molar-refractivity contribution is 0.0500. The minimum absolute atomic E-state index is 0.101. The highest BCUT2D eigenvalue weighted by molar-refractivity contribution is 7.99. The molecule has 0 atom stereocenters. The van der Waals surface area contributed by atoms with Crippen molar-refractivity contribution in [2.24, 2.45) is 0 Å². The van der Waals surface area contributed by atoms with Gasteiger partial charge in [0.15, 0.2) is 5.82 Å². The molecule has 0 unspecified atom stereocenters. The van der Waals surface area contributed by atoms with E-state index in [2.05, 4.69) is 20.3 Å². The van der Waals surface area contributed by atoms with Crippen LogP contribution in [0.15, 0.2) is 23.5 Å². The lowest BCUT2D eigenvalue weighted by Crippen LogP contribution is -2.42. The van der Waals surface area contributed by atoms with Gasteiger partial charge in [-0.2, -0.15) is 4.98 Å². The molecule has 1 saturated heterocycles. The van der Waals surface area contributed by atoms with E-state index in [9.17, 15) is 4.79 Å². The lowest BCUT2D eigenvalue weighted by atomic mass is 10.1. The van der Waals surface area contributed by atoms with Crippen LogP contribution in [-0.2, 0) is 4.74 Å². The number of carbonyl (C=O) groups excluding carboxylic acids is 1. The molecule has 0 aliphatic carbocycles. The maximum Gasteiger partial charge on any atom is 0.410 e. The largest absolute Gasteiger partial charge is 0.489 e. The molecule has 0 radical (unpaired) electrons. The summed E-state index contributed by atoms with van der Waals surface area (Å²) in [7, 11) is 1.54. The second-order valence-electron chi connectivity index (χ2n) is 7.78. The van der Waals surface area contributed by atoms with E-state index in [1.165, 1.54) is 18.1 Å². The molecule has 10 nitrogen and oxygen atoms in total. The average Bonchev–Trinajstić information content (AvgIpc) is 2.79. The molecular formula is C22H31N5O5S. The average molecular weight is 478 g/mol. The summed E-state index contributed by atoms with van der Waals surface area (Å²) >= 11 is 1.49. The smallest absolute Gasteiger partial charge is 0.410 e. The third-order valence-corrected chi connectivity index (χ3v) is 5.85. The maximum atomic E-state index is 12.1. The van der Waals surface area contributed by atoms with Gasteiger partial charge in [0, 0.05) is 31.7 Å². The summed E-state index contributed by atoms with van der Waals surface area (Å²) in [4.78, 5) is 26.9. The second-order valence-corrected chi connectivity index (χ2v) is 8.89. The van der Waals surface area contributed by atoms with Crippen molar-refractivity contribution in [3.8, 4) is 11.6 Å². The van der Waals surface area contributed by atoms with E-state index < -0.39 is 0 Å². The summed E-state index contributed by atoms with van der Waals surface area (Å²) in [6, 6.07) is 3.80. The first-order valence-corrected chi connectivity index (χ1v) is 11.9. The molecule has 2 aromatic heterocycles. The summed E-state index contributed by atoms with van der Waals surface area (Å²) in [5.41, 5.74) is 1.57. The fourth-order valence-electron chi connectivity index (χ4n) is 3.33. The predicted octanol–water partition coefficient (Wildman–Crippen LogP) is 3.40. The molecule has 1 fully saturated rings. The van der Waals surface area contributed by atoms with Crippen molar-refractivity contribution in [2.75, 3.05) is 37.9 Å². The molecule has 11 heteroatoms. The maximum absolute atomic E-state index is 12.1. The number of aryl methyl sites for hydroxylation is 1. The normalized spacial score (nSPS) is 14.3. The summed E-state index contributed by atoms with van der Waals surface area (Å²) in [5.74, 6) is 1.81. The molecule has 2 N–H and O–H groups in total. The standard InChI is InChI=1S/C22H31N5O5S/c1-14(2)31-22(29)27-9-7-16(8-10-27)32-21-19(30-4)20(23-13-24-21)26-17-5-6-18(25-15(17)3)33-12-11-28/h5-6,13-14,16,28H,7-12H2,1-4H3,(H,23,24,26). The van der Waals surface area contributed by atoms with Gasteiger partial charge in [0.1, 0.15) is 12.4 Å². The summed E-state index contributed by atoms with van der Waals surface area (Å²) in [6.07, 6.45) is 2.22. The predicted molar refractivity (Wildman–Crippen MR) is 125 cm³/mol. The molecule has 180 valence electrons. The molecule has 1 aliphatic rings. The van der Waals surface area contributed by atoms with Gasteiger partial charge in [-0.3, -0.25) is 0 Å². The van der Waals surface area contributed by atoms with Gasteiger partial charge in [-0.05, 0) is 32.9 Å². The van der Waals surface area contributed by atoms with E-state index in [1.54, 1.807) is 12.0 Å². The van der Waals surface area contributed by atoms with Gasteiger partial charge < -0.3 is 29.5 Å². The molecule has 3 heterocycles. The van der Waals surface area contributed by atoms with Gasteiger partial charge in [-0.1, -0.05) is 0 Å². The number of aliphatic hydroxyl groups excluding tert-OH is 1. The van der Waals surface area contributed by atoms with Crippen LogP contribution in [0.1, 0.15) is 32.4 Å². The Labute approximate surface area is 198 Å². The fraction of sp³-hybridized carbons (Fsp3) is 0.545. The quantitative estimate of drug-likeness (QED) is 0.520. The number of aromatic nitrogens is 3. The Morgan fingerprint density at radius 2 is 2.06 bits per heavy atom. The minimum atomic E-state index is -0.292. The second kappa shape index (κ2) is 11.9. The fourth-order valence-corrected chi connectivity index (χ4v) is 4.00. The number of nitrogens with zero attached hydrogens (tertiary/aromatic N) is 4. The zero-order valence-corrected chi connectivity index (χ0v) is 20.2. The van der Waals surface area contributed by atoms with Gasteiger partial charge in [-0.25, -0.2) is 14.8 Å². The molecule has 0 aromatic carbocycles. The van der Waals surface area contributed by atoms with Crippen molar-refractivity contribution in [1.29, 1.82) is 0 Å². The SMILES string of the molecule is COc1c(Nc2ccc(SCCO)nc2C)ncnc1OC1CCN(C(=O)OC(C)C)CC1. The number of thioether (sulfide) groups is 1. The Morgan fingerprint density at radius 1 is 1.30 bits per heavy atom. The number of ether oxygens (including phenoxy) is 3. The zero-order chi connectivity index (χ0) is 23.8. The van der Waals surface area contributed by atoms with Crippen LogP contribution in [0, 0.1) is 6.92 Å². The van der Waals surface area contributed by atoms with Crippen molar-refractivity contribution in [3.63, 3.8) is 0 Å². The number of nitrogens with one attached hydrogen (secondary N) is 1. The van der Waals surface area contributed by atoms with E-state index in [-0.39, 0.29) is 24.9 Å². The summed E-state index contributed by atoms with van der Waals surface area (Å²) < 4.78 is 16.9. The number of piperidine rings is 1. The molecule has 1 amide bonds. The van der Waals surface area contributed by atoms with Crippen molar-refractivity contribution in [3.05, 3.63) is 24.2 Å². The van der Waals surface area contributed by atoms with Crippen LogP contribution >= 0.6 is 11.8 Å². The monoisotopic (exact) mass is 477 g/mol. The number of rotatable bonds is 9. The van der Waals surface area contributed by atoms with Crippen LogP contribution in [-0.4, -0.2) is 75.8 Å². The molecule has 1 aliphatic heterocycles. The van der Waals surface area contributed by atoms with Crippen LogP contribution in [0.4, 0.5) is 16.3 Å². The van der Waals surface area contributed by atoms with Gasteiger partial charge in [0.2, 0.25) is 5.75 Å². The highest BCUT2D eigenvalue weighted by Gasteiger charge is 2.27. The van der Waals surface area contributed by atoms with Crippen molar-refractivity contribution in [2.45, 2.75) is 50.8 Å². The number of methoxy groups -OCH3 is 1. The van der Waals surface area contributed by atoms with Crippen LogP contribution in [0.5, 0.6) is 11.6 Å². The zero-order valence-electron chi connectivity index (χ0n) is 19.4. The number of likely N-dealkylation sites (tertiary alicyclic amines) is 1.